The molecule has 1 amide bonds. The molecule has 2 aromatic rings. The molecular formula is C21H22N2O2. The van der Waals surface area contributed by atoms with Crippen LogP contribution in [0.3, 0.4) is 0 Å². The Kier molecular flexibility index (Phi) is 5.35. The van der Waals surface area contributed by atoms with Crippen molar-refractivity contribution in [3.8, 4) is 11.8 Å². The third-order valence-corrected chi connectivity index (χ3v) is 4.60. The monoisotopic (exact) mass is 334 g/mol. The Balaban J connectivity index is 1.54. The van der Waals surface area contributed by atoms with Crippen LogP contribution in [0.1, 0.15) is 48.1 Å². The van der Waals surface area contributed by atoms with E-state index in [2.05, 4.69) is 29.6 Å². The topological polar surface area (TPSA) is 62.1 Å². The van der Waals surface area contributed by atoms with Crippen molar-refractivity contribution in [1.82, 2.24) is 5.32 Å². The number of carbonyl (C=O) groups is 1. The predicted molar refractivity (Wildman–Crippen MR) is 96.3 cm³/mol. The van der Waals surface area contributed by atoms with Crippen molar-refractivity contribution in [2.24, 2.45) is 0 Å². The highest BCUT2D eigenvalue weighted by molar-refractivity contribution is 5.78. The number of carbonyl (C=O) groups excluding carboxylic acids is 1. The maximum atomic E-state index is 12.1. The van der Waals surface area contributed by atoms with Gasteiger partial charge >= 0.3 is 0 Å². The van der Waals surface area contributed by atoms with Gasteiger partial charge < -0.3 is 10.1 Å². The summed E-state index contributed by atoms with van der Waals surface area (Å²) in [5.41, 5.74) is 4.56. The van der Waals surface area contributed by atoms with Crippen LogP contribution in [0.4, 0.5) is 0 Å². The van der Waals surface area contributed by atoms with Gasteiger partial charge in [-0.05, 0) is 73.6 Å². The van der Waals surface area contributed by atoms with Crippen molar-refractivity contribution in [2.45, 2.75) is 38.6 Å². The van der Waals surface area contributed by atoms with Crippen molar-refractivity contribution in [1.29, 1.82) is 5.26 Å². The van der Waals surface area contributed by atoms with Crippen LogP contribution in [0.25, 0.3) is 0 Å². The molecule has 1 N–H and O–H groups in total. The number of benzene rings is 2. The average molecular weight is 334 g/mol. The Bertz CT molecular complexity index is 791. The Morgan fingerprint density at radius 1 is 1.16 bits per heavy atom. The zero-order chi connectivity index (χ0) is 17.6. The van der Waals surface area contributed by atoms with E-state index < -0.39 is 0 Å². The van der Waals surface area contributed by atoms with Crippen LogP contribution in [0.5, 0.6) is 5.75 Å². The summed E-state index contributed by atoms with van der Waals surface area (Å²) in [6.45, 7) is 1.95. The second-order valence-corrected chi connectivity index (χ2v) is 6.45. The lowest BCUT2D eigenvalue weighted by Gasteiger charge is -2.20. The van der Waals surface area contributed by atoms with E-state index in [0.29, 0.717) is 11.3 Å². The number of nitrogens with one attached hydrogen (secondary N) is 1. The van der Waals surface area contributed by atoms with Crippen LogP contribution in [0.2, 0.25) is 0 Å². The van der Waals surface area contributed by atoms with E-state index in [-0.39, 0.29) is 18.6 Å². The number of nitrogens with zero attached hydrogens (tertiary/aromatic N) is 1. The first kappa shape index (κ1) is 17.0. The molecule has 0 spiro atoms. The molecular weight excluding hydrogens is 312 g/mol. The second kappa shape index (κ2) is 7.85. The SMILES string of the molecule is C[C@@H](NC(=O)COc1ccc(C#N)cc1)c1ccc2c(c1)CCCC2. The molecule has 2 aromatic carbocycles. The zero-order valence-corrected chi connectivity index (χ0v) is 14.4. The number of rotatable bonds is 5. The van der Waals surface area contributed by atoms with Gasteiger partial charge in [-0.2, -0.15) is 5.26 Å². The van der Waals surface area contributed by atoms with Crippen molar-refractivity contribution in [3.63, 3.8) is 0 Å². The summed E-state index contributed by atoms with van der Waals surface area (Å²) in [7, 11) is 0. The fourth-order valence-electron chi connectivity index (χ4n) is 3.16. The maximum absolute atomic E-state index is 12.1. The van der Waals surface area contributed by atoms with Crippen molar-refractivity contribution in [3.05, 3.63) is 64.7 Å². The van der Waals surface area contributed by atoms with Gasteiger partial charge in [0.05, 0.1) is 17.7 Å². The van der Waals surface area contributed by atoms with Crippen LogP contribution in [-0.2, 0) is 17.6 Å². The van der Waals surface area contributed by atoms with E-state index in [0.717, 1.165) is 18.4 Å². The first-order valence-electron chi connectivity index (χ1n) is 8.70. The molecule has 1 aliphatic rings. The van der Waals surface area contributed by atoms with E-state index in [1.807, 2.05) is 6.92 Å². The molecule has 128 valence electrons. The Morgan fingerprint density at radius 2 is 1.88 bits per heavy atom. The van der Waals surface area contributed by atoms with Crippen molar-refractivity contribution in [2.75, 3.05) is 6.61 Å². The molecule has 0 heterocycles. The van der Waals surface area contributed by atoms with E-state index >= 15 is 0 Å². The number of hydrogen-bond acceptors (Lipinski definition) is 3. The standard InChI is InChI=1S/C21H22N2O2/c1-15(18-9-8-17-4-2-3-5-19(17)12-18)23-21(24)14-25-20-10-6-16(13-22)7-11-20/h6-12,15H,2-5,14H2,1H3,(H,23,24)/t15-/m1/s1. The van der Waals surface area contributed by atoms with Gasteiger partial charge in [0.1, 0.15) is 5.75 Å². The number of fused-ring (bicyclic) bond motifs is 1. The van der Waals surface area contributed by atoms with E-state index in [4.69, 9.17) is 10.00 Å². The molecule has 0 radical (unpaired) electrons. The van der Waals surface area contributed by atoms with E-state index in [1.165, 1.54) is 24.0 Å². The van der Waals surface area contributed by atoms with Gasteiger partial charge in [-0.3, -0.25) is 4.79 Å². The molecule has 0 saturated carbocycles. The third kappa shape index (κ3) is 4.39. The third-order valence-electron chi connectivity index (χ3n) is 4.60. The summed E-state index contributed by atoms with van der Waals surface area (Å²) in [5.74, 6) is 0.421. The molecule has 0 aromatic heterocycles. The molecule has 1 aliphatic carbocycles. The van der Waals surface area contributed by atoms with Gasteiger partial charge in [-0.25, -0.2) is 0 Å². The number of amides is 1. The summed E-state index contributed by atoms with van der Waals surface area (Å²) in [6, 6.07) is 15.2. The lowest BCUT2D eigenvalue weighted by Crippen LogP contribution is -2.31. The zero-order valence-electron chi connectivity index (χ0n) is 14.4. The lowest BCUT2D eigenvalue weighted by atomic mass is 9.89. The van der Waals surface area contributed by atoms with Crippen LogP contribution in [0, 0.1) is 11.3 Å². The Hall–Kier alpha value is -2.80. The van der Waals surface area contributed by atoms with Crippen molar-refractivity contribution < 1.29 is 9.53 Å². The Morgan fingerprint density at radius 3 is 2.60 bits per heavy atom. The number of nitriles is 1. The fraction of sp³-hybridized carbons (Fsp3) is 0.333. The predicted octanol–water partition coefficient (Wildman–Crippen LogP) is 3.69. The molecule has 0 unspecified atom stereocenters. The van der Waals surface area contributed by atoms with Crippen LogP contribution in [-0.4, -0.2) is 12.5 Å². The normalized spacial score (nSPS) is 14.1. The number of ether oxygens (including phenoxy) is 1. The smallest absolute Gasteiger partial charge is 0.258 e. The minimum Gasteiger partial charge on any atom is -0.484 e. The average Bonchev–Trinajstić information content (AvgIpc) is 2.66. The largest absolute Gasteiger partial charge is 0.484 e. The molecule has 0 fully saturated rings. The molecule has 4 heteroatoms. The summed E-state index contributed by atoms with van der Waals surface area (Å²) in [6.07, 6.45) is 4.81. The molecule has 0 bridgehead atoms. The minimum absolute atomic E-state index is 0.0405. The first-order valence-corrected chi connectivity index (χ1v) is 8.70. The second-order valence-electron chi connectivity index (χ2n) is 6.45. The van der Waals surface area contributed by atoms with Gasteiger partial charge in [-0.15, -0.1) is 0 Å². The van der Waals surface area contributed by atoms with E-state index in [9.17, 15) is 4.79 Å². The molecule has 1 atom stereocenters. The van der Waals surface area contributed by atoms with Gasteiger partial charge in [0.2, 0.25) is 0 Å². The quantitative estimate of drug-likeness (QED) is 0.907. The van der Waals surface area contributed by atoms with Crippen LogP contribution < -0.4 is 10.1 Å². The fourth-order valence-corrected chi connectivity index (χ4v) is 3.16. The molecule has 0 saturated heterocycles. The first-order chi connectivity index (χ1) is 12.2. The van der Waals surface area contributed by atoms with Gasteiger partial charge in [0, 0.05) is 0 Å². The van der Waals surface area contributed by atoms with Gasteiger partial charge in [-0.1, -0.05) is 18.2 Å². The highest BCUT2D eigenvalue weighted by Gasteiger charge is 2.14. The lowest BCUT2D eigenvalue weighted by molar-refractivity contribution is -0.123. The molecule has 3 rings (SSSR count). The maximum Gasteiger partial charge on any atom is 0.258 e. The summed E-state index contributed by atoms with van der Waals surface area (Å²) < 4.78 is 5.47. The minimum atomic E-state index is -0.158. The molecule has 4 nitrogen and oxygen atoms in total. The van der Waals surface area contributed by atoms with Crippen LogP contribution in [0.15, 0.2) is 42.5 Å². The summed E-state index contributed by atoms with van der Waals surface area (Å²) >= 11 is 0. The summed E-state index contributed by atoms with van der Waals surface area (Å²) in [5, 5.41) is 11.8. The van der Waals surface area contributed by atoms with Crippen molar-refractivity contribution >= 4 is 5.91 Å². The van der Waals surface area contributed by atoms with Gasteiger partial charge in [0.15, 0.2) is 6.61 Å². The molecule has 0 aliphatic heterocycles. The summed E-state index contributed by atoms with van der Waals surface area (Å²) in [4.78, 5) is 12.1. The Labute approximate surface area is 148 Å². The molecule has 25 heavy (non-hydrogen) atoms. The highest BCUT2D eigenvalue weighted by atomic mass is 16.5. The van der Waals surface area contributed by atoms with Gasteiger partial charge in [0.25, 0.3) is 5.91 Å². The van der Waals surface area contributed by atoms with E-state index in [1.54, 1.807) is 24.3 Å². The number of hydrogen-bond donors (Lipinski definition) is 1. The number of aryl methyl sites for hydroxylation is 2. The highest BCUT2D eigenvalue weighted by Crippen LogP contribution is 2.24. The van der Waals surface area contributed by atoms with Crippen LogP contribution >= 0.6 is 0 Å².